The fourth-order valence-corrected chi connectivity index (χ4v) is 2.16. The summed E-state index contributed by atoms with van der Waals surface area (Å²) in [7, 11) is -3.80. The Morgan fingerprint density at radius 1 is 1.67 bits per heavy atom. The summed E-state index contributed by atoms with van der Waals surface area (Å²) in [5, 5.41) is 13.8. The molecule has 0 aliphatic carbocycles. The molecule has 15 heavy (non-hydrogen) atoms. The number of sulfonamides is 1. The Hall–Kier alpha value is -1.41. The van der Waals surface area contributed by atoms with Crippen LogP contribution in [-0.4, -0.2) is 36.2 Å². The summed E-state index contributed by atoms with van der Waals surface area (Å²) >= 11 is 0. The van der Waals surface area contributed by atoms with Crippen LogP contribution in [0.1, 0.15) is 23.7 Å². The fourth-order valence-electron chi connectivity index (χ4n) is 0.940. The molecule has 7 nitrogen and oxygen atoms in total. The van der Waals surface area contributed by atoms with Crippen molar-refractivity contribution in [1.82, 2.24) is 14.9 Å². The van der Waals surface area contributed by atoms with Crippen LogP contribution < -0.4 is 4.72 Å². The maximum Gasteiger partial charge on any atom is 0.340 e. The Balaban J connectivity index is 3.05. The molecule has 0 aliphatic heterocycles. The van der Waals surface area contributed by atoms with E-state index in [2.05, 4.69) is 14.9 Å². The predicted molar refractivity (Wildman–Crippen MR) is 51.0 cm³/mol. The number of nitrogens with zero attached hydrogens (tertiary/aromatic N) is 1. The van der Waals surface area contributed by atoms with Crippen molar-refractivity contribution >= 4 is 16.0 Å². The van der Waals surface area contributed by atoms with Gasteiger partial charge in [-0.1, -0.05) is 6.92 Å². The van der Waals surface area contributed by atoms with Gasteiger partial charge in [0.25, 0.3) is 10.0 Å². The summed E-state index contributed by atoms with van der Waals surface area (Å²) in [5.41, 5.74) is -0.362. The van der Waals surface area contributed by atoms with Gasteiger partial charge >= 0.3 is 5.97 Å². The van der Waals surface area contributed by atoms with Crippen molar-refractivity contribution in [2.45, 2.75) is 18.4 Å². The van der Waals surface area contributed by atoms with E-state index in [9.17, 15) is 13.2 Å². The van der Waals surface area contributed by atoms with Gasteiger partial charge in [0, 0.05) is 6.54 Å². The highest BCUT2D eigenvalue weighted by molar-refractivity contribution is 7.89. The first-order valence-corrected chi connectivity index (χ1v) is 5.73. The van der Waals surface area contributed by atoms with Crippen LogP contribution in [0.4, 0.5) is 0 Å². The number of nitrogens with one attached hydrogen (secondary N) is 2. The SMILES string of the molecule is CCCNS(=O)(=O)c1[nH]ncc1C(=O)O. The summed E-state index contributed by atoms with van der Waals surface area (Å²) in [5.74, 6) is -1.33. The van der Waals surface area contributed by atoms with E-state index in [-0.39, 0.29) is 12.1 Å². The third kappa shape index (κ3) is 2.54. The molecule has 0 bridgehead atoms. The number of hydrogen-bond donors (Lipinski definition) is 3. The van der Waals surface area contributed by atoms with Crippen molar-refractivity contribution < 1.29 is 18.3 Å². The van der Waals surface area contributed by atoms with Crippen molar-refractivity contribution in [1.29, 1.82) is 0 Å². The number of carbonyl (C=O) groups is 1. The number of rotatable bonds is 5. The zero-order chi connectivity index (χ0) is 11.5. The molecule has 1 aromatic rings. The summed E-state index contributed by atoms with van der Waals surface area (Å²) in [6.07, 6.45) is 1.58. The molecule has 84 valence electrons. The molecule has 0 spiro atoms. The summed E-state index contributed by atoms with van der Waals surface area (Å²) < 4.78 is 25.3. The fraction of sp³-hybridized carbons (Fsp3) is 0.429. The Labute approximate surface area is 86.6 Å². The number of aromatic carboxylic acids is 1. The van der Waals surface area contributed by atoms with E-state index in [1.165, 1.54) is 0 Å². The van der Waals surface area contributed by atoms with Gasteiger partial charge in [-0.3, -0.25) is 5.10 Å². The lowest BCUT2D eigenvalue weighted by Gasteiger charge is -2.03. The predicted octanol–water partition coefficient (Wildman–Crippen LogP) is -0.204. The lowest BCUT2D eigenvalue weighted by molar-refractivity contribution is 0.0692. The van der Waals surface area contributed by atoms with E-state index >= 15 is 0 Å². The van der Waals surface area contributed by atoms with Gasteiger partial charge < -0.3 is 5.11 Å². The highest BCUT2D eigenvalue weighted by atomic mass is 32.2. The van der Waals surface area contributed by atoms with E-state index in [1.807, 2.05) is 0 Å². The molecule has 1 aromatic heterocycles. The minimum atomic E-state index is -3.80. The van der Waals surface area contributed by atoms with Crippen molar-refractivity contribution in [3.8, 4) is 0 Å². The van der Waals surface area contributed by atoms with Crippen molar-refractivity contribution in [2.75, 3.05) is 6.54 Å². The molecule has 0 atom stereocenters. The molecule has 0 saturated carbocycles. The number of H-pyrrole nitrogens is 1. The quantitative estimate of drug-likeness (QED) is 0.651. The molecule has 0 fully saturated rings. The second-order valence-corrected chi connectivity index (χ2v) is 4.52. The number of hydrogen-bond acceptors (Lipinski definition) is 4. The molecule has 0 radical (unpaired) electrons. The van der Waals surface area contributed by atoms with E-state index in [0.717, 1.165) is 6.20 Å². The van der Waals surface area contributed by atoms with Gasteiger partial charge in [-0.2, -0.15) is 5.10 Å². The highest BCUT2D eigenvalue weighted by Gasteiger charge is 2.23. The van der Waals surface area contributed by atoms with Crippen molar-refractivity contribution in [2.24, 2.45) is 0 Å². The van der Waals surface area contributed by atoms with Crippen molar-refractivity contribution in [3.05, 3.63) is 11.8 Å². The highest BCUT2D eigenvalue weighted by Crippen LogP contribution is 2.11. The van der Waals surface area contributed by atoms with E-state index in [0.29, 0.717) is 6.42 Å². The zero-order valence-electron chi connectivity index (χ0n) is 8.02. The van der Waals surface area contributed by atoms with E-state index < -0.39 is 21.0 Å². The van der Waals surface area contributed by atoms with Crippen molar-refractivity contribution in [3.63, 3.8) is 0 Å². The van der Waals surface area contributed by atoms with Crippen LogP contribution in [0.15, 0.2) is 11.2 Å². The van der Waals surface area contributed by atoms with Gasteiger partial charge in [-0.25, -0.2) is 17.9 Å². The normalized spacial score (nSPS) is 11.5. The molecule has 0 amide bonds. The molecule has 8 heteroatoms. The lowest BCUT2D eigenvalue weighted by atomic mass is 10.4. The molecule has 3 N–H and O–H groups in total. The molecule has 1 rings (SSSR count). The van der Waals surface area contributed by atoms with Crippen LogP contribution in [0.5, 0.6) is 0 Å². The molecular formula is C7H11N3O4S. The average Bonchev–Trinajstić information content (AvgIpc) is 2.63. The minimum absolute atomic E-state index is 0.250. The zero-order valence-corrected chi connectivity index (χ0v) is 8.84. The van der Waals surface area contributed by atoms with Gasteiger partial charge in [-0.15, -0.1) is 0 Å². The Morgan fingerprint density at radius 2 is 2.33 bits per heavy atom. The number of carboxylic acid groups (broad SMARTS) is 1. The first-order valence-electron chi connectivity index (χ1n) is 4.25. The van der Waals surface area contributed by atoms with Gasteiger partial charge in [-0.05, 0) is 6.42 Å². The Kier molecular flexibility index (Phi) is 3.43. The number of aromatic nitrogens is 2. The molecule has 0 unspecified atom stereocenters. The maximum atomic E-state index is 11.5. The van der Waals surface area contributed by atoms with E-state index in [4.69, 9.17) is 5.11 Å². The molecule has 0 saturated heterocycles. The summed E-state index contributed by atoms with van der Waals surface area (Å²) in [6.45, 7) is 2.05. The second kappa shape index (κ2) is 4.41. The van der Waals surface area contributed by atoms with Gasteiger partial charge in [0.2, 0.25) is 0 Å². The minimum Gasteiger partial charge on any atom is -0.478 e. The number of aromatic amines is 1. The van der Waals surface area contributed by atoms with Gasteiger partial charge in [0.05, 0.1) is 6.20 Å². The Morgan fingerprint density at radius 3 is 2.87 bits per heavy atom. The molecular weight excluding hydrogens is 222 g/mol. The van der Waals surface area contributed by atoms with E-state index in [1.54, 1.807) is 6.92 Å². The van der Waals surface area contributed by atoms with Crippen LogP contribution in [0.3, 0.4) is 0 Å². The summed E-state index contributed by atoms with van der Waals surface area (Å²) in [4.78, 5) is 10.7. The molecule has 0 aliphatic rings. The standard InChI is InChI=1S/C7H11N3O4S/c1-2-3-9-15(13,14)6-5(7(11)12)4-8-10-6/h4,9H,2-3H2,1H3,(H,8,10)(H,11,12). The van der Waals surface area contributed by atoms with Crippen LogP contribution in [0.25, 0.3) is 0 Å². The third-order valence-electron chi connectivity index (χ3n) is 1.65. The van der Waals surface area contributed by atoms with Crippen LogP contribution in [0, 0.1) is 0 Å². The van der Waals surface area contributed by atoms with Gasteiger partial charge in [0.1, 0.15) is 5.56 Å². The van der Waals surface area contributed by atoms with Crippen LogP contribution in [-0.2, 0) is 10.0 Å². The second-order valence-electron chi connectivity index (χ2n) is 2.82. The smallest absolute Gasteiger partial charge is 0.340 e. The molecule has 0 aromatic carbocycles. The Bertz CT molecular complexity index is 451. The van der Waals surface area contributed by atoms with Crippen LogP contribution in [0.2, 0.25) is 0 Å². The largest absolute Gasteiger partial charge is 0.478 e. The maximum absolute atomic E-state index is 11.5. The number of carboxylic acids is 1. The topological polar surface area (TPSA) is 112 Å². The molecule has 1 heterocycles. The average molecular weight is 233 g/mol. The summed E-state index contributed by atoms with van der Waals surface area (Å²) in [6, 6.07) is 0. The van der Waals surface area contributed by atoms with Crippen LogP contribution >= 0.6 is 0 Å². The monoisotopic (exact) mass is 233 g/mol. The first kappa shape index (κ1) is 11.7. The first-order chi connectivity index (χ1) is 6.99. The third-order valence-corrected chi connectivity index (χ3v) is 3.08. The van der Waals surface area contributed by atoms with Gasteiger partial charge in [0.15, 0.2) is 5.03 Å². The lowest BCUT2D eigenvalue weighted by Crippen LogP contribution is -2.26.